The van der Waals surface area contributed by atoms with E-state index in [1.807, 2.05) is 42.0 Å². The van der Waals surface area contributed by atoms with Crippen molar-refractivity contribution in [3.8, 4) is 11.4 Å². The third-order valence-corrected chi connectivity index (χ3v) is 5.21. The molecule has 0 radical (unpaired) electrons. The number of nitrogens with zero attached hydrogens (tertiary/aromatic N) is 2. The summed E-state index contributed by atoms with van der Waals surface area (Å²) in [6.07, 6.45) is 4.85. The Morgan fingerprint density at radius 2 is 1.97 bits per heavy atom. The number of hydrogen-bond donors (Lipinski definition) is 1. The van der Waals surface area contributed by atoms with Crippen molar-refractivity contribution in [3.63, 3.8) is 0 Å². The summed E-state index contributed by atoms with van der Waals surface area (Å²) in [4.78, 5) is 28.6. The summed E-state index contributed by atoms with van der Waals surface area (Å²) in [5, 5.41) is 3.55. The fraction of sp³-hybridized carbons (Fsp3) is 0.227. The zero-order valence-corrected chi connectivity index (χ0v) is 17.2. The highest BCUT2D eigenvalue weighted by atomic mass is 32.2. The number of thioether (sulfide) groups is 1. The van der Waals surface area contributed by atoms with E-state index in [4.69, 9.17) is 4.74 Å². The van der Waals surface area contributed by atoms with E-state index in [1.165, 1.54) is 11.8 Å². The first kappa shape index (κ1) is 20.7. The van der Waals surface area contributed by atoms with Crippen molar-refractivity contribution in [2.45, 2.75) is 24.9 Å². The number of carbonyl (C=O) groups excluding carboxylic acids is 2. The Balaban J connectivity index is 1.63. The molecular formula is C22H23N3O3S. The van der Waals surface area contributed by atoms with E-state index < -0.39 is 0 Å². The van der Waals surface area contributed by atoms with Gasteiger partial charge in [0.25, 0.3) is 0 Å². The summed E-state index contributed by atoms with van der Waals surface area (Å²) in [5.74, 6) is 1.00. The first-order valence-corrected chi connectivity index (χ1v) is 10.3. The molecule has 3 aromatic rings. The predicted molar refractivity (Wildman–Crippen MR) is 115 cm³/mol. The Kier molecular flexibility index (Phi) is 7.08. The lowest BCUT2D eigenvalue weighted by Gasteiger charge is -2.09. The first-order valence-electron chi connectivity index (χ1n) is 9.34. The Hall–Kier alpha value is -3.06. The molecule has 1 amide bonds. The average Bonchev–Trinajstić information content (AvgIpc) is 3.21. The summed E-state index contributed by atoms with van der Waals surface area (Å²) in [7, 11) is 1.63. The maximum absolute atomic E-state index is 12.6. The molecule has 1 aromatic heterocycles. The second-order valence-corrected chi connectivity index (χ2v) is 7.31. The number of aromatic nitrogens is 2. The van der Waals surface area contributed by atoms with Gasteiger partial charge in [-0.1, -0.05) is 24.8 Å². The molecule has 0 aliphatic rings. The van der Waals surface area contributed by atoms with Gasteiger partial charge in [0, 0.05) is 36.1 Å². The lowest BCUT2D eigenvalue weighted by Crippen LogP contribution is -2.11. The van der Waals surface area contributed by atoms with Crippen LogP contribution in [0.15, 0.2) is 66.1 Å². The molecule has 1 N–H and O–H groups in total. The van der Waals surface area contributed by atoms with Gasteiger partial charge in [-0.05, 0) is 42.8 Å². The first-order chi connectivity index (χ1) is 14.1. The molecule has 0 saturated heterocycles. The second kappa shape index (κ2) is 9.93. The number of ether oxygens (including phenoxy) is 1. The molecule has 0 aliphatic heterocycles. The molecule has 3 rings (SSSR count). The number of methoxy groups -OCH3 is 1. The van der Waals surface area contributed by atoms with Gasteiger partial charge in [-0.15, -0.1) is 0 Å². The SMILES string of the molecule is CCCC(=O)Nc1ccc(C(=O)CSc2nccn2-c2cccc(OC)c2)cc1. The number of anilines is 1. The van der Waals surface area contributed by atoms with Crippen molar-refractivity contribution >= 4 is 29.1 Å². The van der Waals surface area contributed by atoms with Gasteiger partial charge in [0.1, 0.15) is 5.75 Å². The molecule has 0 fully saturated rings. The number of imidazole rings is 1. The van der Waals surface area contributed by atoms with Gasteiger partial charge in [0.2, 0.25) is 5.91 Å². The van der Waals surface area contributed by atoms with Crippen LogP contribution in [0, 0.1) is 0 Å². The number of hydrogen-bond acceptors (Lipinski definition) is 5. The second-order valence-electron chi connectivity index (χ2n) is 6.37. The van der Waals surface area contributed by atoms with Gasteiger partial charge in [-0.25, -0.2) is 4.98 Å². The van der Waals surface area contributed by atoms with Crippen molar-refractivity contribution < 1.29 is 14.3 Å². The minimum atomic E-state index is -0.0217. The van der Waals surface area contributed by atoms with Crippen LogP contribution in [0.25, 0.3) is 5.69 Å². The predicted octanol–water partition coefficient (Wildman–Crippen LogP) is 4.59. The van der Waals surface area contributed by atoms with E-state index in [2.05, 4.69) is 10.3 Å². The van der Waals surface area contributed by atoms with Crippen LogP contribution in [0.5, 0.6) is 5.75 Å². The summed E-state index contributed by atoms with van der Waals surface area (Å²) in [6.45, 7) is 1.96. The van der Waals surface area contributed by atoms with E-state index in [-0.39, 0.29) is 17.4 Å². The maximum Gasteiger partial charge on any atom is 0.224 e. The zero-order valence-electron chi connectivity index (χ0n) is 16.4. The molecule has 0 aliphatic carbocycles. The molecule has 0 spiro atoms. The maximum atomic E-state index is 12.6. The summed E-state index contributed by atoms with van der Waals surface area (Å²) in [6, 6.07) is 14.6. The fourth-order valence-corrected chi connectivity index (χ4v) is 3.62. The lowest BCUT2D eigenvalue weighted by atomic mass is 10.1. The number of Topliss-reactive ketones (excluding diaryl/α,β-unsaturated/α-hetero) is 1. The number of carbonyl (C=O) groups is 2. The van der Waals surface area contributed by atoms with Crippen LogP contribution in [0.2, 0.25) is 0 Å². The van der Waals surface area contributed by atoms with Gasteiger partial charge >= 0.3 is 0 Å². The topological polar surface area (TPSA) is 73.2 Å². The average molecular weight is 410 g/mol. The van der Waals surface area contributed by atoms with Crippen LogP contribution in [0.1, 0.15) is 30.1 Å². The highest BCUT2D eigenvalue weighted by Gasteiger charge is 2.12. The third-order valence-electron chi connectivity index (χ3n) is 4.24. The van der Waals surface area contributed by atoms with Crippen molar-refractivity contribution in [2.24, 2.45) is 0 Å². The van der Waals surface area contributed by atoms with E-state index in [0.29, 0.717) is 17.7 Å². The molecule has 0 saturated carbocycles. The molecule has 0 bridgehead atoms. The van der Waals surface area contributed by atoms with Crippen LogP contribution in [-0.2, 0) is 4.79 Å². The van der Waals surface area contributed by atoms with Crippen molar-refractivity contribution in [2.75, 3.05) is 18.2 Å². The normalized spacial score (nSPS) is 10.6. The summed E-state index contributed by atoms with van der Waals surface area (Å²) in [5.41, 5.74) is 2.22. The van der Waals surface area contributed by atoms with E-state index in [1.54, 1.807) is 37.6 Å². The lowest BCUT2D eigenvalue weighted by molar-refractivity contribution is -0.116. The quantitative estimate of drug-likeness (QED) is 0.413. The number of rotatable bonds is 9. The van der Waals surface area contributed by atoms with Crippen LogP contribution in [-0.4, -0.2) is 34.1 Å². The highest BCUT2D eigenvalue weighted by molar-refractivity contribution is 7.99. The van der Waals surface area contributed by atoms with Crippen LogP contribution in [0.4, 0.5) is 5.69 Å². The van der Waals surface area contributed by atoms with Crippen molar-refractivity contribution in [1.82, 2.24) is 9.55 Å². The molecule has 1 heterocycles. The van der Waals surface area contributed by atoms with Gasteiger partial charge in [0.05, 0.1) is 18.6 Å². The standard InChI is InChI=1S/C22H23N3O3S/c1-3-5-21(27)24-17-10-8-16(9-11-17)20(26)15-29-22-23-12-13-25(22)18-6-4-7-19(14-18)28-2/h4,6-14H,3,5,15H2,1-2H3,(H,24,27). The number of benzene rings is 2. The van der Waals surface area contributed by atoms with E-state index in [0.717, 1.165) is 23.0 Å². The van der Waals surface area contributed by atoms with E-state index in [9.17, 15) is 9.59 Å². The molecule has 7 heteroatoms. The summed E-state index contributed by atoms with van der Waals surface area (Å²) < 4.78 is 7.20. The van der Waals surface area contributed by atoms with Crippen LogP contribution in [0.3, 0.4) is 0 Å². The minimum absolute atomic E-state index is 0.00151. The Labute approximate surface area is 174 Å². The number of amides is 1. The molecule has 2 aromatic carbocycles. The van der Waals surface area contributed by atoms with Crippen molar-refractivity contribution in [3.05, 3.63) is 66.5 Å². The Bertz CT molecular complexity index is 983. The van der Waals surface area contributed by atoms with Crippen molar-refractivity contribution in [1.29, 1.82) is 0 Å². The Morgan fingerprint density at radius 1 is 1.17 bits per heavy atom. The van der Waals surface area contributed by atoms with Crippen LogP contribution < -0.4 is 10.1 Å². The van der Waals surface area contributed by atoms with Gasteiger partial charge in [-0.3, -0.25) is 14.2 Å². The van der Waals surface area contributed by atoms with Gasteiger partial charge in [0.15, 0.2) is 10.9 Å². The monoisotopic (exact) mass is 409 g/mol. The highest BCUT2D eigenvalue weighted by Crippen LogP contribution is 2.24. The molecule has 29 heavy (non-hydrogen) atoms. The molecular weight excluding hydrogens is 386 g/mol. The summed E-state index contributed by atoms with van der Waals surface area (Å²) >= 11 is 1.38. The zero-order chi connectivity index (χ0) is 20.6. The van der Waals surface area contributed by atoms with Gasteiger partial charge < -0.3 is 10.1 Å². The number of ketones is 1. The molecule has 150 valence electrons. The molecule has 6 nitrogen and oxygen atoms in total. The molecule has 0 unspecified atom stereocenters. The third kappa shape index (κ3) is 5.48. The van der Waals surface area contributed by atoms with Crippen LogP contribution >= 0.6 is 11.8 Å². The van der Waals surface area contributed by atoms with E-state index >= 15 is 0 Å². The molecule has 0 atom stereocenters. The Morgan fingerprint density at radius 3 is 2.69 bits per heavy atom. The largest absolute Gasteiger partial charge is 0.497 e. The smallest absolute Gasteiger partial charge is 0.224 e. The number of nitrogens with one attached hydrogen (secondary N) is 1. The van der Waals surface area contributed by atoms with Gasteiger partial charge in [-0.2, -0.15) is 0 Å². The minimum Gasteiger partial charge on any atom is -0.497 e. The fourth-order valence-electron chi connectivity index (χ4n) is 2.76.